The predicted molar refractivity (Wildman–Crippen MR) is 97.5 cm³/mol. The summed E-state index contributed by atoms with van der Waals surface area (Å²) in [6, 6.07) is 7.65. The first-order chi connectivity index (χ1) is 12.4. The number of nitrogens with zero attached hydrogens (tertiary/aromatic N) is 1. The van der Waals surface area contributed by atoms with Gasteiger partial charge in [-0.3, -0.25) is 9.59 Å². The molecule has 2 aromatic rings. The highest BCUT2D eigenvalue weighted by atomic mass is 16.5. The third-order valence-corrected chi connectivity index (χ3v) is 4.59. The minimum Gasteiger partial charge on any atom is -0.493 e. The highest BCUT2D eigenvalue weighted by molar-refractivity contribution is 6.53. The minimum atomic E-state index is -0.609. The molecule has 0 aliphatic carbocycles. The normalized spacial score (nSPS) is 13.0. The number of Topliss-reactive ketones (excluding diaryl/α,β-unsaturated/α-hetero) is 1. The van der Waals surface area contributed by atoms with E-state index in [4.69, 9.17) is 14.2 Å². The van der Waals surface area contributed by atoms with Crippen LogP contribution in [0.4, 0.5) is 5.69 Å². The van der Waals surface area contributed by atoms with Crippen molar-refractivity contribution in [2.45, 2.75) is 20.4 Å². The molecule has 1 heterocycles. The van der Waals surface area contributed by atoms with E-state index in [0.29, 0.717) is 23.7 Å². The Bertz CT molecular complexity index is 904. The molecule has 0 unspecified atom stereocenters. The molecule has 0 fully saturated rings. The van der Waals surface area contributed by atoms with Crippen molar-refractivity contribution in [2.24, 2.45) is 0 Å². The molecule has 1 amide bonds. The molecule has 0 bridgehead atoms. The van der Waals surface area contributed by atoms with Gasteiger partial charge in [-0.1, -0.05) is 23.8 Å². The second-order valence-electron chi connectivity index (χ2n) is 6.19. The first kappa shape index (κ1) is 17.8. The van der Waals surface area contributed by atoms with E-state index in [1.54, 1.807) is 6.07 Å². The fourth-order valence-corrected chi connectivity index (χ4v) is 3.27. The maximum absolute atomic E-state index is 12.7. The molecule has 136 valence electrons. The Labute approximate surface area is 152 Å². The van der Waals surface area contributed by atoms with Gasteiger partial charge in [0.2, 0.25) is 5.75 Å². The quantitative estimate of drug-likeness (QED) is 0.771. The number of rotatable bonds is 5. The van der Waals surface area contributed by atoms with Gasteiger partial charge in [0.1, 0.15) is 0 Å². The molecule has 0 radical (unpaired) electrons. The second kappa shape index (κ2) is 6.71. The number of hydrogen-bond acceptors (Lipinski definition) is 5. The molecule has 0 aromatic heterocycles. The van der Waals surface area contributed by atoms with E-state index in [2.05, 4.69) is 0 Å². The van der Waals surface area contributed by atoms with E-state index in [1.807, 2.05) is 32.0 Å². The van der Waals surface area contributed by atoms with Crippen LogP contribution < -0.4 is 19.1 Å². The molecule has 3 rings (SSSR count). The van der Waals surface area contributed by atoms with E-state index in [9.17, 15) is 9.59 Å². The molecule has 6 heteroatoms. The number of fused-ring (bicyclic) bond motifs is 1. The number of amides is 1. The van der Waals surface area contributed by atoms with Gasteiger partial charge in [0.05, 0.1) is 39.1 Å². The van der Waals surface area contributed by atoms with E-state index in [0.717, 1.165) is 16.7 Å². The van der Waals surface area contributed by atoms with Gasteiger partial charge in [-0.05, 0) is 25.0 Å². The van der Waals surface area contributed by atoms with Crippen molar-refractivity contribution in [3.05, 3.63) is 46.5 Å². The average molecular weight is 355 g/mol. The van der Waals surface area contributed by atoms with E-state index < -0.39 is 11.7 Å². The third kappa shape index (κ3) is 2.67. The summed E-state index contributed by atoms with van der Waals surface area (Å²) in [5, 5.41) is 0. The number of methoxy groups -OCH3 is 3. The molecule has 6 nitrogen and oxygen atoms in total. The molecule has 0 N–H and O–H groups in total. The SMILES string of the molecule is COc1cc2c(c(OC)c1OC)C(=O)C(=O)N2Cc1ccc(C)cc1C. The number of ether oxygens (including phenoxy) is 3. The smallest absolute Gasteiger partial charge is 0.299 e. The van der Waals surface area contributed by atoms with Crippen LogP contribution in [0.2, 0.25) is 0 Å². The number of benzene rings is 2. The minimum absolute atomic E-state index is 0.208. The first-order valence-corrected chi connectivity index (χ1v) is 8.18. The largest absolute Gasteiger partial charge is 0.493 e. The summed E-state index contributed by atoms with van der Waals surface area (Å²) < 4.78 is 16.1. The van der Waals surface area contributed by atoms with Crippen LogP contribution in [0.3, 0.4) is 0 Å². The van der Waals surface area contributed by atoms with Gasteiger partial charge in [-0.15, -0.1) is 0 Å². The monoisotopic (exact) mass is 355 g/mol. The standard InChI is InChI=1S/C20H21NO5/c1-11-6-7-13(12(2)8-11)10-21-14-9-15(24-3)18(25-4)19(26-5)16(14)17(22)20(21)23/h6-9H,10H2,1-5H3. The van der Waals surface area contributed by atoms with Gasteiger partial charge in [0, 0.05) is 6.07 Å². The van der Waals surface area contributed by atoms with Crippen molar-refractivity contribution in [2.75, 3.05) is 26.2 Å². The van der Waals surface area contributed by atoms with Crippen molar-refractivity contribution in [3.63, 3.8) is 0 Å². The molecule has 1 aliphatic heterocycles. The Morgan fingerprint density at radius 1 is 0.923 bits per heavy atom. The maximum atomic E-state index is 12.7. The van der Waals surface area contributed by atoms with Crippen molar-refractivity contribution >= 4 is 17.4 Å². The Morgan fingerprint density at radius 3 is 2.19 bits per heavy atom. The van der Waals surface area contributed by atoms with E-state index in [1.165, 1.54) is 26.2 Å². The number of aryl methyl sites for hydroxylation is 2. The van der Waals surface area contributed by atoms with Crippen molar-refractivity contribution in [3.8, 4) is 17.2 Å². The van der Waals surface area contributed by atoms with Gasteiger partial charge in [-0.25, -0.2) is 0 Å². The number of ketones is 1. The van der Waals surface area contributed by atoms with Crippen LogP contribution >= 0.6 is 0 Å². The van der Waals surface area contributed by atoms with E-state index >= 15 is 0 Å². The van der Waals surface area contributed by atoms with Crippen LogP contribution in [0.5, 0.6) is 17.2 Å². The first-order valence-electron chi connectivity index (χ1n) is 8.18. The van der Waals surface area contributed by atoms with Crippen LogP contribution in [0.25, 0.3) is 0 Å². The number of carbonyl (C=O) groups excluding carboxylic acids is 2. The maximum Gasteiger partial charge on any atom is 0.299 e. The summed E-state index contributed by atoms with van der Waals surface area (Å²) in [6.07, 6.45) is 0. The molecule has 1 aliphatic rings. The van der Waals surface area contributed by atoms with Crippen molar-refractivity contribution in [1.29, 1.82) is 0 Å². The van der Waals surface area contributed by atoms with Crippen LogP contribution in [0, 0.1) is 13.8 Å². The van der Waals surface area contributed by atoms with Gasteiger partial charge in [0.25, 0.3) is 11.7 Å². The van der Waals surface area contributed by atoms with Gasteiger partial charge < -0.3 is 19.1 Å². The lowest BCUT2D eigenvalue weighted by Crippen LogP contribution is -2.29. The van der Waals surface area contributed by atoms with Crippen molar-refractivity contribution in [1.82, 2.24) is 0 Å². The summed E-state index contributed by atoms with van der Waals surface area (Å²) in [4.78, 5) is 26.7. The summed E-state index contributed by atoms with van der Waals surface area (Å²) in [7, 11) is 4.39. The van der Waals surface area contributed by atoms with Gasteiger partial charge in [-0.2, -0.15) is 0 Å². The van der Waals surface area contributed by atoms with Crippen molar-refractivity contribution < 1.29 is 23.8 Å². The van der Waals surface area contributed by atoms with E-state index in [-0.39, 0.29) is 11.3 Å². The number of carbonyl (C=O) groups is 2. The molecule has 0 saturated carbocycles. The highest BCUT2D eigenvalue weighted by Crippen LogP contribution is 2.48. The lowest BCUT2D eigenvalue weighted by molar-refractivity contribution is -0.114. The van der Waals surface area contributed by atoms with Crippen LogP contribution in [0.1, 0.15) is 27.0 Å². The Morgan fingerprint density at radius 2 is 1.62 bits per heavy atom. The summed E-state index contributed by atoms with van der Waals surface area (Å²) in [5.41, 5.74) is 3.85. The zero-order valence-corrected chi connectivity index (χ0v) is 15.5. The zero-order valence-electron chi connectivity index (χ0n) is 15.5. The lowest BCUT2D eigenvalue weighted by Gasteiger charge is -2.20. The molecular formula is C20H21NO5. The fourth-order valence-electron chi connectivity index (χ4n) is 3.27. The Kier molecular flexibility index (Phi) is 4.59. The molecule has 2 aromatic carbocycles. The second-order valence-corrected chi connectivity index (χ2v) is 6.19. The number of anilines is 1. The Hall–Kier alpha value is -3.02. The molecule has 26 heavy (non-hydrogen) atoms. The molecular weight excluding hydrogens is 334 g/mol. The fraction of sp³-hybridized carbons (Fsp3) is 0.300. The highest BCUT2D eigenvalue weighted by Gasteiger charge is 2.41. The summed E-state index contributed by atoms with van der Waals surface area (Å²) >= 11 is 0. The molecule has 0 saturated heterocycles. The van der Waals surface area contributed by atoms with Crippen LogP contribution in [-0.2, 0) is 11.3 Å². The lowest BCUT2D eigenvalue weighted by atomic mass is 10.1. The number of hydrogen-bond donors (Lipinski definition) is 0. The molecule has 0 atom stereocenters. The summed E-state index contributed by atoms with van der Waals surface area (Å²) in [6.45, 7) is 4.29. The van der Waals surface area contributed by atoms with Gasteiger partial charge >= 0.3 is 0 Å². The topological polar surface area (TPSA) is 65.1 Å². The Balaban J connectivity index is 2.14. The van der Waals surface area contributed by atoms with Crippen LogP contribution in [0.15, 0.2) is 24.3 Å². The third-order valence-electron chi connectivity index (χ3n) is 4.59. The average Bonchev–Trinajstić information content (AvgIpc) is 2.86. The van der Waals surface area contributed by atoms with Gasteiger partial charge in [0.15, 0.2) is 11.5 Å². The zero-order chi connectivity index (χ0) is 19.0. The van der Waals surface area contributed by atoms with Crippen LogP contribution in [-0.4, -0.2) is 33.0 Å². The predicted octanol–water partition coefficient (Wildman–Crippen LogP) is 3.06. The summed E-state index contributed by atoms with van der Waals surface area (Å²) in [5.74, 6) is -0.293. The molecule has 0 spiro atoms.